The lowest BCUT2D eigenvalue weighted by Crippen LogP contribution is -2.30. The van der Waals surface area contributed by atoms with Gasteiger partial charge in [0.1, 0.15) is 6.33 Å². The lowest BCUT2D eigenvalue weighted by molar-refractivity contribution is -0.151. The van der Waals surface area contributed by atoms with Gasteiger partial charge in [0.25, 0.3) is 0 Å². The molecule has 1 heterocycles. The predicted octanol–water partition coefficient (Wildman–Crippen LogP) is 1.73. The van der Waals surface area contributed by atoms with Crippen LogP contribution in [0, 0.1) is 5.41 Å². The lowest BCUT2D eigenvalue weighted by atomic mass is 9.94. The van der Waals surface area contributed by atoms with Gasteiger partial charge in [0.2, 0.25) is 0 Å². The Bertz CT molecular complexity index is 619. The van der Waals surface area contributed by atoms with Crippen LogP contribution in [-0.2, 0) is 16.1 Å². The minimum Gasteiger partial charge on any atom is -0.469 e. The van der Waals surface area contributed by atoms with E-state index in [0.29, 0.717) is 18.1 Å². The molecule has 0 aliphatic carbocycles. The molecule has 1 aromatic heterocycles. The maximum atomic E-state index is 11.7. The Morgan fingerprint density at radius 1 is 1.45 bits per heavy atom. The third kappa shape index (κ3) is 2.96. The van der Waals surface area contributed by atoms with E-state index in [1.165, 1.54) is 7.11 Å². The standard InChI is InChI=1S/C14H18N4O2/c1-14(2,13(19)20-3)8-18-9-16-12(17-18)10-5-4-6-11(15)7-10/h4-7,9H,8,15H2,1-3H3. The van der Waals surface area contributed by atoms with Crippen molar-refractivity contribution in [3.63, 3.8) is 0 Å². The van der Waals surface area contributed by atoms with Crippen molar-refractivity contribution in [3.05, 3.63) is 30.6 Å². The molecule has 1 aromatic carbocycles. The summed E-state index contributed by atoms with van der Waals surface area (Å²) in [6.07, 6.45) is 1.60. The van der Waals surface area contributed by atoms with Crippen molar-refractivity contribution in [2.24, 2.45) is 5.41 Å². The van der Waals surface area contributed by atoms with Crippen LogP contribution in [0.5, 0.6) is 0 Å². The number of esters is 1. The summed E-state index contributed by atoms with van der Waals surface area (Å²) in [5, 5.41) is 4.37. The molecule has 2 N–H and O–H groups in total. The summed E-state index contributed by atoms with van der Waals surface area (Å²) >= 11 is 0. The van der Waals surface area contributed by atoms with Crippen molar-refractivity contribution in [2.75, 3.05) is 12.8 Å². The molecule has 0 spiro atoms. The van der Waals surface area contributed by atoms with E-state index in [9.17, 15) is 4.79 Å². The minimum absolute atomic E-state index is 0.279. The molecule has 0 radical (unpaired) electrons. The number of benzene rings is 1. The van der Waals surface area contributed by atoms with Gasteiger partial charge < -0.3 is 10.5 Å². The number of aromatic nitrogens is 3. The van der Waals surface area contributed by atoms with Gasteiger partial charge in [-0.25, -0.2) is 4.98 Å². The average molecular weight is 274 g/mol. The number of rotatable bonds is 4. The third-order valence-corrected chi connectivity index (χ3v) is 2.98. The van der Waals surface area contributed by atoms with E-state index in [1.807, 2.05) is 18.2 Å². The Balaban J connectivity index is 2.20. The summed E-state index contributed by atoms with van der Waals surface area (Å²) in [5.74, 6) is 0.302. The quantitative estimate of drug-likeness (QED) is 0.678. The number of methoxy groups -OCH3 is 1. The first kappa shape index (κ1) is 14.0. The molecule has 6 heteroatoms. The zero-order valence-electron chi connectivity index (χ0n) is 11.8. The fourth-order valence-electron chi connectivity index (χ4n) is 1.93. The summed E-state index contributed by atoms with van der Waals surface area (Å²) in [5.41, 5.74) is 6.59. The summed E-state index contributed by atoms with van der Waals surface area (Å²) < 4.78 is 6.41. The van der Waals surface area contributed by atoms with E-state index in [0.717, 1.165) is 5.56 Å². The van der Waals surface area contributed by atoms with Crippen LogP contribution in [0.4, 0.5) is 5.69 Å². The Morgan fingerprint density at radius 3 is 2.85 bits per heavy atom. The smallest absolute Gasteiger partial charge is 0.313 e. The van der Waals surface area contributed by atoms with Crippen LogP contribution in [-0.4, -0.2) is 27.8 Å². The first-order chi connectivity index (χ1) is 9.42. The molecule has 0 atom stereocenters. The van der Waals surface area contributed by atoms with Crippen molar-refractivity contribution < 1.29 is 9.53 Å². The van der Waals surface area contributed by atoms with E-state index in [1.54, 1.807) is 30.9 Å². The average Bonchev–Trinajstić information content (AvgIpc) is 2.85. The van der Waals surface area contributed by atoms with Crippen LogP contribution >= 0.6 is 0 Å². The zero-order chi connectivity index (χ0) is 14.8. The van der Waals surface area contributed by atoms with Crippen LogP contribution in [0.1, 0.15) is 13.8 Å². The van der Waals surface area contributed by atoms with Crippen molar-refractivity contribution in [2.45, 2.75) is 20.4 Å². The molecule has 0 bridgehead atoms. The number of ether oxygens (including phenoxy) is 1. The van der Waals surface area contributed by atoms with Gasteiger partial charge in [-0.05, 0) is 26.0 Å². The predicted molar refractivity (Wildman–Crippen MR) is 75.7 cm³/mol. The first-order valence-electron chi connectivity index (χ1n) is 6.26. The van der Waals surface area contributed by atoms with E-state index >= 15 is 0 Å². The molecular weight excluding hydrogens is 256 g/mol. The fraction of sp³-hybridized carbons (Fsp3) is 0.357. The molecule has 6 nitrogen and oxygen atoms in total. The van der Waals surface area contributed by atoms with Crippen molar-refractivity contribution in [1.29, 1.82) is 0 Å². The molecule has 106 valence electrons. The summed E-state index contributed by atoms with van der Waals surface area (Å²) in [6, 6.07) is 7.36. The van der Waals surface area contributed by atoms with Crippen molar-refractivity contribution >= 4 is 11.7 Å². The molecule has 2 rings (SSSR count). The molecule has 0 saturated heterocycles. The van der Waals surface area contributed by atoms with Crippen molar-refractivity contribution in [1.82, 2.24) is 14.8 Å². The number of hydrogen-bond donors (Lipinski definition) is 1. The number of carbonyl (C=O) groups excluding carboxylic acids is 1. The van der Waals surface area contributed by atoms with Gasteiger partial charge >= 0.3 is 5.97 Å². The highest BCUT2D eigenvalue weighted by Gasteiger charge is 2.29. The molecule has 2 aromatic rings. The van der Waals surface area contributed by atoms with E-state index in [2.05, 4.69) is 10.1 Å². The van der Waals surface area contributed by atoms with Crippen LogP contribution in [0.25, 0.3) is 11.4 Å². The highest BCUT2D eigenvalue weighted by molar-refractivity contribution is 5.75. The number of hydrogen-bond acceptors (Lipinski definition) is 5. The topological polar surface area (TPSA) is 83.0 Å². The number of nitrogen functional groups attached to an aromatic ring is 1. The number of nitrogens with zero attached hydrogens (tertiary/aromatic N) is 3. The SMILES string of the molecule is COC(=O)C(C)(C)Cn1cnc(-c2cccc(N)c2)n1. The lowest BCUT2D eigenvalue weighted by Gasteiger charge is -2.20. The van der Waals surface area contributed by atoms with Gasteiger partial charge in [-0.1, -0.05) is 12.1 Å². The van der Waals surface area contributed by atoms with Gasteiger partial charge in [0.05, 0.1) is 19.1 Å². The van der Waals surface area contributed by atoms with Gasteiger partial charge in [0.15, 0.2) is 5.82 Å². The van der Waals surface area contributed by atoms with Crippen LogP contribution in [0.15, 0.2) is 30.6 Å². The second-order valence-corrected chi connectivity index (χ2v) is 5.27. The Kier molecular flexibility index (Phi) is 3.74. The number of anilines is 1. The third-order valence-electron chi connectivity index (χ3n) is 2.98. The Hall–Kier alpha value is -2.37. The largest absolute Gasteiger partial charge is 0.469 e. The van der Waals surface area contributed by atoms with Crippen LogP contribution in [0.2, 0.25) is 0 Å². The molecule has 0 fully saturated rings. The van der Waals surface area contributed by atoms with Gasteiger partial charge in [-0.2, -0.15) is 5.10 Å². The Labute approximate surface area is 117 Å². The van der Waals surface area contributed by atoms with E-state index < -0.39 is 5.41 Å². The number of nitrogens with two attached hydrogens (primary N) is 1. The molecule has 0 unspecified atom stereocenters. The summed E-state index contributed by atoms with van der Waals surface area (Å²) in [7, 11) is 1.38. The van der Waals surface area contributed by atoms with Crippen molar-refractivity contribution in [3.8, 4) is 11.4 Å². The normalized spacial score (nSPS) is 11.3. The zero-order valence-corrected chi connectivity index (χ0v) is 11.8. The van der Waals surface area contributed by atoms with E-state index in [-0.39, 0.29) is 5.97 Å². The molecule has 20 heavy (non-hydrogen) atoms. The second kappa shape index (κ2) is 5.32. The monoisotopic (exact) mass is 274 g/mol. The highest BCUT2D eigenvalue weighted by Crippen LogP contribution is 2.21. The van der Waals surface area contributed by atoms with Crippen LogP contribution in [0.3, 0.4) is 0 Å². The highest BCUT2D eigenvalue weighted by atomic mass is 16.5. The second-order valence-electron chi connectivity index (χ2n) is 5.27. The maximum absolute atomic E-state index is 11.7. The van der Waals surface area contributed by atoms with Gasteiger partial charge in [0, 0.05) is 11.3 Å². The molecule has 0 aliphatic heterocycles. The number of carbonyl (C=O) groups is 1. The summed E-state index contributed by atoms with van der Waals surface area (Å²) in [4.78, 5) is 15.9. The first-order valence-corrected chi connectivity index (χ1v) is 6.26. The Morgan fingerprint density at radius 2 is 2.20 bits per heavy atom. The van der Waals surface area contributed by atoms with Gasteiger partial charge in [-0.3, -0.25) is 9.48 Å². The van der Waals surface area contributed by atoms with Gasteiger partial charge in [-0.15, -0.1) is 0 Å². The van der Waals surface area contributed by atoms with E-state index in [4.69, 9.17) is 10.5 Å². The molecule has 0 amide bonds. The summed E-state index contributed by atoms with van der Waals surface area (Å²) in [6.45, 7) is 4.01. The molecule has 0 aliphatic rings. The molecular formula is C14H18N4O2. The molecule has 0 saturated carbocycles. The minimum atomic E-state index is -0.657. The van der Waals surface area contributed by atoms with Crippen LogP contribution < -0.4 is 5.73 Å². The fourth-order valence-corrected chi connectivity index (χ4v) is 1.93. The maximum Gasteiger partial charge on any atom is 0.313 e.